The minimum atomic E-state index is -0.123. The average molecular weight is 298 g/mol. The van der Waals surface area contributed by atoms with Gasteiger partial charge in [-0.3, -0.25) is 9.59 Å². The number of esters is 2. The third kappa shape index (κ3) is 31.7. The van der Waals surface area contributed by atoms with Gasteiger partial charge in [-0.15, -0.1) is 11.6 Å². The molecule has 0 amide bonds. The normalized spacial score (nSPS) is 8.32. The van der Waals surface area contributed by atoms with Gasteiger partial charge in [-0.25, -0.2) is 0 Å². The molecule has 0 rings (SSSR count). The molecule has 0 fully saturated rings. The molecule has 0 aliphatic heterocycles. The summed E-state index contributed by atoms with van der Waals surface area (Å²) in [6.45, 7) is 8.85. The van der Waals surface area contributed by atoms with Gasteiger partial charge in [0.15, 0.2) is 0 Å². The highest BCUT2D eigenvalue weighted by atomic mass is 35.5. The first kappa shape index (κ1) is 23.3. The van der Waals surface area contributed by atoms with E-state index in [9.17, 15) is 9.59 Å². The molecule has 19 heavy (non-hydrogen) atoms. The Hall–Kier alpha value is -0.810. The van der Waals surface area contributed by atoms with E-state index in [1.807, 2.05) is 0 Å². The predicted molar refractivity (Wildman–Crippen MR) is 78.2 cm³/mol. The first-order chi connectivity index (χ1) is 9.03. The van der Waals surface area contributed by atoms with Crippen molar-refractivity contribution in [2.45, 2.75) is 47.0 Å². The van der Waals surface area contributed by atoms with Crippen LogP contribution < -0.4 is 5.73 Å². The van der Waals surface area contributed by atoms with Crippen LogP contribution in [0.1, 0.15) is 47.0 Å². The molecule has 0 atom stereocenters. The number of carbonyl (C=O) groups excluding carboxylic acids is 2. The Morgan fingerprint density at radius 3 is 1.37 bits per heavy atom. The topological polar surface area (TPSA) is 78.6 Å². The Bertz CT molecular complexity index is 181. The van der Waals surface area contributed by atoms with E-state index in [0.717, 1.165) is 6.42 Å². The lowest BCUT2D eigenvalue weighted by atomic mass is 10.5. The molecule has 0 saturated heterocycles. The highest BCUT2D eigenvalue weighted by molar-refractivity contribution is 6.17. The number of hydrogen-bond acceptors (Lipinski definition) is 5. The zero-order valence-corrected chi connectivity index (χ0v) is 13.3. The van der Waals surface area contributed by atoms with E-state index < -0.39 is 0 Å². The van der Waals surface area contributed by atoms with Gasteiger partial charge in [0.1, 0.15) is 0 Å². The molecular weight excluding hydrogens is 270 g/mol. The molecule has 5 nitrogen and oxygen atoms in total. The second-order valence-electron chi connectivity index (χ2n) is 3.15. The molecule has 0 aromatic rings. The van der Waals surface area contributed by atoms with Crippen LogP contribution in [0.5, 0.6) is 0 Å². The zero-order valence-electron chi connectivity index (χ0n) is 12.5. The Kier molecular flexibility index (Phi) is 27.4. The number of hydrogen-bond donors (Lipinski definition) is 1. The lowest BCUT2D eigenvalue weighted by molar-refractivity contribution is -0.143. The Balaban J connectivity index is -0.000000206. The highest BCUT2D eigenvalue weighted by Crippen LogP contribution is 1.81. The SMILES string of the molecule is CCOC(=O)CC.CCOC(=O)CC.NCCCCl. The van der Waals surface area contributed by atoms with Crippen LogP contribution in [0.4, 0.5) is 0 Å². The first-order valence-corrected chi connectivity index (χ1v) is 7.14. The quantitative estimate of drug-likeness (QED) is 0.602. The zero-order chi connectivity index (χ0) is 15.5. The van der Waals surface area contributed by atoms with Crippen LogP contribution in [0.15, 0.2) is 0 Å². The molecule has 0 heterocycles. The number of halogens is 1. The van der Waals surface area contributed by atoms with Crippen LogP contribution in [0.3, 0.4) is 0 Å². The largest absolute Gasteiger partial charge is 0.466 e. The van der Waals surface area contributed by atoms with Gasteiger partial charge in [-0.1, -0.05) is 13.8 Å². The van der Waals surface area contributed by atoms with Crippen LogP contribution >= 0.6 is 11.6 Å². The van der Waals surface area contributed by atoms with E-state index in [-0.39, 0.29) is 11.9 Å². The molecule has 0 spiro atoms. The van der Waals surface area contributed by atoms with Crippen molar-refractivity contribution in [2.75, 3.05) is 25.6 Å². The molecule has 0 unspecified atom stereocenters. The Labute approximate surface area is 121 Å². The molecule has 6 heteroatoms. The predicted octanol–water partition coefficient (Wildman–Crippen LogP) is 2.49. The summed E-state index contributed by atoms with van der Waals surface area (Å²) in [4.78, 5) is 20.4. The molecule has 0 aliphatic carbocycles. The summed E-state index contributed by atoms with van der Waals surface area (Å²) in [6.07, 6.45) is 1.89. The maximum atomic E-state index is 10.2. The van der Waals surface area contributed by atoms with Crippen LogP contribution in [0.2, 0.25) is 0 Å². The van der Waals surface area contributed by atoms with Gasteiger partial charge in [0.2, 0.25) is 0 Å². The van der Waals surface area contributed by atoms with Crippen molar-refractivity contribution in [2.24, 2.45) is 5.73 Å². The molecule has 2 N–H and O–H groups in total. The van der Waals surface area contributed by atoms with Gasteiger partial charge in [0.05, 0.1) is 13.2 Å². The van der Waals surface area contributed by atoms with Crippen molar-refractivity contribution in [1.29, 1.82) is 0 Å². The third-order valence-corrected chi connectivity index (χ3v) is 1.79. The fourth-order valence-corrected chi connectivity index (χ4v) is 0.758. The van der Waals surface area contributed by atoms with Crippen LogP contribution in [0, 0.1) is 0 Å². The fraction of sp³-hybridized carbons (Fsp3) is 0.846. The lowest BCUT2D eigenvalue weighted by Gasteiger charge is -1.93. The Morgan fingerprint density at radius 1 is 0.947 bits per heavy atom. The van der Waals surface area contributed by atoms with Crippen molar-refractivity contribution >= 4 is 23.5 Å². The summed E-state index contributed by atoms with van der Waals surface area (Å²) in [7, 11) is 0. The standard InChI is InChI=1S/2C5H10O2.C3H8ClN/c2*1-3-5(6)7-4-2;4-2-1-3-5/h2*3-4H2,1-2H3;1-3,5H2. The molecule has 0 saturated carbocycles. The van der Waals surface area contributed by atoms with E-state index in [1.54, 1.807) is 27.7 Å². The molecule has 0 aromatic heterocycles. The first-order valence-electron chi connectivity index (χ1n) is 6.60. The third-order valence-electron chi connectivity index (χ3n) is 1.53. The van der Waals surface area contributed by atoms with Crippen molar-refractivity contribution in [3.05, 3.63) is 0 Å². The summed E-state index contributed by atoms with van der Waals surface area (Å²) in [5.41, 5.74) is 5.05. The van der Waals surface area contributed by atoms with Crippen molar-refractivity contribution in [1.82, 2.24) is 0 Å². The van der Waals surface area contributed by atoms with Crippen LogP contribution in [0.25, 0.3) is 0 Å². The van der Waals surface area contributed by atoms with Gasteiger partial charge < -0.3 is 15.2 Å². The molecule has 0 radical (unpaired) electrons. The number of nitrogens with two attached hydrogens (primary N) is 1. The number of carbonyl (C=O) groups is 2. The van der Waals surface area contributed by atoms with Crippen molar-refractivity contribution in [3.63, 3.8) is 0 Å². The summed E-state index contributed by atoms with van der Waals surface area (Å²) >= 11 is 5.22. The van der Waals surface area contributed by atoms with Crippen molar-refractivity contribution < 1.29 is 19.1 Å². The Morgan fingerprint density at radius 2 is 1.32 bits per heavy atom. The van der Waals surface area contributed by atoms with E-state index in [1.165, 1.54) is 0 Å². The van der Waals surface area contributed by atoms with Gasteiger partial charge >= 0.3 is 11.9 Å². The number of rotatable bonds is 6. The monoisotopic (exact) mass is 297 g/mol. The summed E-state index contributed by atoms with van der Waals surface area (Å²) < 4.78 is 9.10. The minimum absolute atomic E-state index is 0.123. The highest BCUT2D eigenvalue weighted by Gasteiger charge is 1.91. The van der Waals surface area contributed by atoms with Crippen LogP contribution in [-0.4, -0.2) is 37.6 Å². The maximum absolute atomic E-state index is 10.2. The van der Waals surface area contributed by atoms with E-state index >= 15 is 0 Å². The van der Waals surface area contributed by atoms with Gasteiger partial charge in [-0.2, -0.15) is 0 Å². The number of ether oxygens (including phenoxy) is 2. The maximum Gasteiger partial charge on any atom is 0.305 e. The van der Waals surface area contributed by atoms with E-state index in [4.69, 9.17) is 17.3 Å². The molecule has 0 aromatic carbocycles. The summed E-state index contributed by atoms with van der Waals surface area (Å²) in [6, 6.07) is 0. The second-order valence-corrected chi connectivity index (χ2v) is 3.53. The van der Waals surface area contributed by atoms with Crippen LogP contribution in [-0.2, 0) is 19.1 Å². The summed E-state index contributed by atoms with van der Waals surface area (Å²) in [5, 5.41) is 0. The smallest absolute Gasteiger partial charge is 0.305 e. The fourth-order valence-electron chi connectivity index (χ4n) is 0.603. The van der Waals surface area contributed by atoms with E-state index in [2.05, 4.69) is 9.47 Å². The van der Waals surface area contributed by atoms with Crippen molar-refractivity contribution in [3.8, 4) is 0 Å². The molecule has 116 valence electrons. The lowest BCUT2D eigenvalue weighted by Crippen LogP contribution is -2.00. The molecule has 0 aliphatic rings. The minimum Gasteiger partial charge on any atom is -0.466 e. The average Bonchev–Trinajstić information content (AvgIpc) is 2.41. The molecule has 0 bridgehead atoms. The van der Waals surface area contributed by atoms with Gasteiger partial charge in [0.25, 0.3) is 0 Å². The van der Waals surface area contributed by atoms with E-state index in [0.29, 0.717) is 38.5 Å². The summed E-state index contributed by atoms with van der Waals surface area (Å²) in [5.74, 6) is 0.446. The molecular formula is C13H28ClNO4. The van der Waals surface area contributed by atoms with Gasteiger partial charge in [-0.05, 0) is 26.8 Å². The second kappa shape index (κ2) is 22.4. The van der Waals surface area contributed by atoms with Gasteiger partial charge in [0, 0.05) is 18.7 Å². The number of alkyl halides is 1.